The summed E-state index contributed by atoms with van der Waals surface area (Å²) in [6.45, 7) is 3.80. The van der Waals surface area contributed by atoms with Crippen molar-refractivity contribution in [1.82, 2.24) is 0 Å². The summed E-state index contributed by atoms with van der Waals surface area (Å²) in [6.07, 6.45) is 0.00577. The predicted molar refractivity (Wildman–Crippen MR) is 101 cm³/mol. The minimum atomic E-state index is -0.828. The number of anilines is 1. The second-order valence-electron chi connectivity index (χ2n) is 5.99. The van der Waals surface area contributed by atoms with Crippen molar-refractivity contribution >= 4 is 46.3 Å². The van der Waals surface area contributed by atoms with Crippen LogP contribution in [-0.2, 0) is 9.59 Å². The molecule has 0 aromatic heterocycles. The van der Waals surface area contributed by atoms with Crippen LogP contribution in [0.4, 0.5) is 5.69 Å². The molecule has 0 atom stereocenters. The second kappa shape index (κ2) is 7.02. The summed E-state index contributed by atoms with van der Waals surface area (Å²) in [5, 5.41) is 10.8. The number of hydrogen-bond donors (Lipinski definition) is 1. The van der Waals surface area contributed by atoms with Crippen LogP contribution in [0.2, 0.25) is 10.0 Å². The number of hydrogen-bond acceptors (Lipinski definition) is 4. The third-order valence-corrected chi connectivity index (χ3v) is 4.12. The number of amides is 2. The molecular weight excluding hydrogens is 377 g/mol. The molecule has 1 N–H and O–H groups in total. The molecule has 5 nitrogen and oxygen atoms in total. The molecule has 0 aliphatic carbocycles. The molecule has 0 bridgehead atoms. The summed E-state index contributed by atoms with van der Waals surface area (Å²) in [6, 6.07) is 10.9. The van der Waals surface area contributed by atoms with Crippen molar-refractivity contribution in [2.45, 2.75) is 20.0 Å². The Labute approximate surface area is 160 Å². The topological polar surface area (TPSA) is 66.8 Å². The van der Waals surface area contributed by atoms with E-state index in [4.69, 9.17) is 27.9 Å². The number of nitrogens with zero attached hydrogens (tertiary/aromatic N) is 1. The fraction of sp³-hybridized carbons (Fsp3) is 0.158. The molecule has 1 aliphatic heterocycles. The number of carbonyl (C=O) groups is 2. The van der Waals surface area contributed by atoms with E-state index in [1.807, 2.05) is 13.8 Å². The second-order valence-corrected chi connectivity index (χ2v) is 6.86. The van der Waals surface area contributed by atoms with Gasteiger partial charge in [0, 0.05) is 10.0 Å². The molecule has 0 saturated heterocycles. The molecule has 134 valence electrons. The van der Waals surface area contributed by atoms with Gasteiger partial charge in [0.2, 0.25) is 0 Å². The molecule has 0 spiro atoms. The lowest BCUT2D eigenvalue weighted by atomic mass is 10.1. The monoisotopic (exact) mass is 391 g/mol. The highest BCUT2D eigenvalue weighted by atomic mass is 35.5. The van der Waals surface area contributed by atoms with Gasteiger partial charge in [0.05, 0.1) is 17.4 Å². The summed E-state index contributed by atoms with van der Waals surface area (Å²) < 4.78 is 5.55. The highest BCUT2D eigenvalue weighted by Crippen LogP contribution is 2.34. The van der Waals surface area contributed by atoms with Crippen LogP contribution in [0, 0.1) is 0 Å². The molecule has 26 heavy (non-hydrogen) atoms. The Morgan fingerprint density at radius 1 is 0.962 bits per heavy atom. The van der Waals surface area contributed by atoms with Crippen molar-refractivity contribution in [3.8, 4) is 5.75 Å². The molecule has 0 saturated carbocycles. The zero-order chi connectivity index (χ0) is 19.0. The van der Waals surface area contributed by atoms with Crippen LogP contribution >= 0.6 is 23.2 Å². The van der Waals surface area contributed by atoms with Crippen LogP contribution in [-0.4, -0.2) is 23.0 Å². The van der Waals surface area contributed by atoms with Crippen molar-refractivity contribution in [3.63, 3.8) is 0 Å². The number of aliphatic hydroxyl groups excluding tert-OH is 1. The van der Waals surface area contributed by atoms with E-state index >= 15 is 0 Å². The molecular formula is C19H15Cl2NO4. The number of rotatable bonds is 4. The molecule has 1 heterocycles. The van der Waals surface area contributed by atoms with E-state index in [1.54, 1.807) is 24.3 Å². The molecule has 2 aromatic rings. The van der Waals surface area contributed by atoms with Crippen molar-refractivity contribution < 1.29 is 19.4 Å². The van der Waals surface area contributed by atoms with E-state index in [-0.39, 0.29) is 27.4 Å². The average Bonchev–Trinajstić information content (AvgIpc) is 2.76. The summed E-state index contributed by atoms with van der Waals surface area (Å²) >= 11 is 11.9. The highest BCUT2D eigenvalue weighted by Gasteiger charge is 2.40. The van der Waals surface area contributed by atoms with Crippen molar-refractivity contribution in [1.29, 1.82) is 0 Å². The first-order valence-corrected chi connectivity index (χ1v) is 8.58. The molecule has 3 rings (SSSR count). The van der Waals surface area contributed by atoms with Crippen LogP contribution in [0.15, 0.2) is 48.2 Å². The molecule has 2 aromatic carbocycles. The Hall–Kier alpha value is -2.50. The van der Waals surface area contributed by atoms with Crippen molar-refractivity contribution in [3.05, 3.63) is 63.8 Å². The maximum Gasteiger partial charge on any atom is 0.301 e. The van der Waals surface area contributed by atoms with Gasteiger partial charge >= 0.3 is 5.91 Å². The first-order chi connectivity index (χ1) is 12.3. The third kappa shape index (κ3) is 3.41. The first-order valence-electron chi connectivity index (χ1n) is 7.83. The summed E-state index contributed by atoms with van der Waals surface area (Å²) in [5.74, 6) is -1.48. The lowest BCUT2D eigenvalue weighted by molar-refractivity contribution is -0.121. The number of benzene rings is 2. The maximum absolute atomic E-state index is 12.8. The number of carbonyl (C=O) groups excluding carboxylic acids is 2. The van der Waals surface area contributed by atoms with E-state index in [0.29, 0.717) is 11.3 Å². The largest absolute Gasteiger partial charge is 0.502 e. The van der Waals surface area contributed by atoms with E-state index in [0.717, 1.165) is 4.90 Å². The molecule has 0 unspecified atom stereocenters. The Bertz CT molecular complexity index is 899. The Morgan fingerprint density at radius 2 is 1.54 bits per heavy atom. The standard InChI is InChI=1S/C19H15Cl2NO4/c1-10(2)26-15-5-3-11(4-6-15)16-17(23)19(25)22(18(16)24)14-8-12(20)7-13(21)9-14/h3-10,23H,1-2H3. The van der Waals surface area contributed by atoms with Gasteiger partial charge in [-0.2, -0.15) is 0 Å². The summed E-state index contributed by atoms with van der Waals surface area (Å²) in [4.78, 5) is 26.1. The fourth-order valence-corrected chi connectivity index (χ4v) is 3.17. The fourth-order valence-electron chi connectivity index (χ4n) is 2.65. The minimum Gasteiger partial charge on any atom is -0.502 e. The van der Waals surface area contributed by atoms with Gasteiger partial charge in [-0.3, -0.25) is 9.59 Å². The highest BCUT2D eigenvalue weighted by molar-refractivity contribution is 6.45. The van der Waals surface area contributed by atoms with Gasteiger partial charge in [0.1, 0.15) is 5.75 Å². The number of aliphatic hydroxyl groups is 1. The number of halogens is 2. The van der Waals surface area contributed by atoms with Gasteiger partial charge in [-0.05, 0) is 49.7 Å². The number of imide groups is 1. The molecule has 0 fully saturated rings. The van der Waals surface area contributed by atoms with E-state index in [2.05, 4.69) is 0 Å². The predicted octanol–water partition coefficient (Wildman–Crippen LogP) is 4.62. The SMILES string of the molecule is CC(C)Oc1ccc(C2=C(O)C(=O)N(c3cc(Cl)cc(Cl)c3)C2=O)cc1. The molecule has 7 heteroatoms. The van der Waals surface area contributed by atoms with Crippen molar-refractivity contribution in [2.75, 3.05) is 4.90 Å². The van der Waals surface area contributed by atoms with Crippen LogP contribution < -0.4 is 9.64 Å². The third-order valence-electron chi connectivity index (χ3n) is 3.68. The van der Waals surface area contributed by atoms with Crippen LogP contribution in [0.3, 0.4) is 0 Å². The van der Waals surface area contributed by atoms with Crippen LogP contribution in [0.1, 0.15) is 19.4 Å². The zero-order valence-electron chi connectivity index (χ0n) is 14.0. The smallest absolute Gasteiger partial charge is 0.301 e. The first kappa shape index (κ1) is 18.3. The molecule has 0 radical (unpaired) electrons. The minimum absolute atomic E-state index is 0.00577. The average molecular weight is 392 g/mol. The summed E-state index contributed by atoms with van der Waals surface area (Å²) in [7, 11) is 0. The maximum atomic E-state index is 12.8. The lowest BCUT2D eigenvalue weighted by Crippen LogP contribution is -2.31. The van der Waals surface area contributed by atoms with E-state index in [1.165, 1.54) is 18.2 Å². The van der Waals surface area contributed by atoms with Crippen molar-refractivity contribution in [2.24, 2.45) is 0 Å². The van der Waals surface area contributed by atoms with Crippen LogP contribution in [0.5, 0.6) is 5.75 Å². The van der Waals surface area contributed by atoms with Gasteiger partial charge in [0.25, 0.3) is 5.91 Å². The van der Waals surface area contributed by atoms with E-state index < -0.39 is 17.6 Å². The van der Waals surface area contributed by atoms with Gasteiger partial charge in [-0.25, -0.2) is 4.90 Å². The lowest BCUT2D eigenvalue weighted by Gasteiger charge is -2.15. The zero-order valence-corrected chi connectivity index (χ0v) is 15.5. The number of ether oxygens (including phenoxy) is 1. The normalized spacial score (nSPS) is 14.6. The van der Waals surface area contributed by atoms with Gasteiger partial charge in [-0.1, -0.05) is 35.3 Å². The Morgan fingerprint density at radius 3 is 2.08 bits per heavy atom. The summed E-state index contributed by atoms with van der Waals surface area (Å²) in [5.41, 5.74) is 0.522. The van der Waals surface area contributed by atoms with Gasteiger partial charge in [0.15, 0.2) is 5.76 Å². The van der Waals surface area contributed by atoms with Gasteiger partial charge < -0.3 is 9.84 Å². The van der Waals surface area contributed by atoms with Crippen LogP contribution in [0.25, 0.3) is 5.57 Å². The Kier molecular flexibility index (Phi) is 4.94. The quantitative estimate of drug-likeness (QED) is 0.771. The molecule has 1 aliphatic rings. The van der Waals surface area contributed by atoms with Gasteiger partial charge in [-0.15, -0.1) is 0 Å². The molecule has 2 amide bonds. The van der Waals surface area contributed by atoms with E-state index in [9.17, 15) is 14.7 Å². The Balaban J connectivity index is 1.96.